The highest BCUT2D eigenvalue weighted by Gasteiger charge is 2.22. The molecule has 4 heteroatoms. The van der Waals surface area contributed by atoms with Gasteiger partial charge < -0.3 is 0 Å². The second-order valence-corrected chi connectivity index (χ2v) is 17.4. The van der Waals surface area contributed by atoms with Crippen LogP contribution in [0.15, 0.2) is 46.6 Å². The summed E-state index contributed by atoms with van der Waals surface area (Å²) in [4.78, 5) is 0. The highest BCUT2D eigenvalue weighted by Crippen LogP contribution is 2.36. The van der Waals surface area contributed by atoms with Crippen LogP contribution in [-0.2, 0) is 14.3 Å². The standard InChI is InChI=1S/C35H64O3S/c1-28(2)15-19-33(8,9)25-31(5)18-22-34(10,11)26-29(3)16-20-32(6,7)21-17-30(4)27-35(12,13)23-24-38-39(14,36)37/h15-18H,19-27H2,1-14H3. The molecule has 0 aliphatic heterocycles. The quantitative estimate of drug-likeness (QED) is 0.123. The lowest BCUT2D eigenvalue weighted by Gasteiger charge is -2.27. The SMILES string of the molecule is CC(C)=CCC(C)(C)CC(C)=CCC(C)(C)CC(C)=CCC(C)(C)CC=C(C)CC(C)(C)CCOS(C)(=O)=O. The van der Waals surface area contributed by atoms with Gasteiger partial charge in [0, 0.05) is 0 Å². The Balaban J connectivity index is 4.90. The first-order chi connectivity index (χ1) is 17.4. The van der Waals surface area contributed by atoms with E-state index in [9.17, 15) is 8.42 Å². The average molecular weight is 565 g/mol. The Bertz CT molecular complexity index is 979. The van der Waals surface area contributed by atoms with E-state index in [1.54, 1.807) is 0 Å². The molecule has 0 aromatic carbocycles. The van der Waals surface area contributed by atoms with Crippen molar-refractivity contribution >= 4 is 10.1 Å². The Hall–Kier alpha value is -1.13. The average Bonchev–Trinajstić information content (AvgIpc) is 2.72. The maximum absolute atomic E-state index is 11.2. The molecule has 0 fully saturated rings. The lowest BCUT2D eigenvalue weighted by molar-refractivity contribution is 0.232. The van der Waals surface area contributed by atoms with Crippen LogP contribution in [0, 0.1) is 21.7 Å². The van der Waals surface area contributed by atoms with Crippen molar-refractivity contribution in [2.45, 2.75) is 141 Å². The van der Waals surface area contributed by atoms with Gasteiger partial charge in [-0.05, 0) is 108 Å². The molecular formula is C35H64O3S. The number of hydrogen-bond acceptors (Lipinski definition) is 3. The minimum absolute atomic E-state index is 0.00559. The molecule has 0 spiro atoms. The number of allylic oxidation sites excluding steroid dienone is 8. The van der Waals surface area contributed by atoms with Crippen molar-refractivity contribution in [3.63, 3.8) is 0 Å². The molecule has 0 saturated heterocycles. The maximum atomic E-state index is 11.2. The first-order valence-electron chi connectivity index (χ1n) is 14.9. The van der Waals surface area contributed by atoms with Crippen LogP contribution in [0.4, 0.5) is 0 Å². The molecule has 0 N–H and O–H groups in total. The Morgan fingerprint density at radius 2 is 0.897 bits per heavy atom. The molecule has 0 unspecified atom stereocenters. The smallest absolute Gasteiger partial charge is 0.264 e. The minimum atomic E-state index is -3.37. The lowest BCUT2D eigenvalue weighted by Crippen LogP contribution is -2.17. The van der Waals surface area contributed by atoms with Crippen molar-refractivity contribution in [2.24, 2.45) is 21.7 Å². The molecule has 39 heavy (non-hydrogen) atoms. The second kappa shape index (κ2) is 15.8. The van der Waals surface area contributed by atoms with Gasteiger partial charge in [0.25, 0.3) is 10.1 Å². The van der Waals surface area contributed by atoms with Crippen molar-refractivity contribution < 1.29 is 12.6 Å². The van der Waals surface area contributed by atoms with Crippen LogP contribution in [0.25, 0.3) is 0 Å². The van der Waals surface area contributed by atoms with Crippen molar-refractivity contribution in [1.82, 2.24) is 0 Å². The molecule has 0 aromatic heterocycles. The van der Waals surface area contributed by atoms with Crippen LogP contribution < -0.4 is 0 Å². The van der Waals surface area contributed by atoms with E-state index in [1.807, 2.05) is 0 Å². The minimum Gasteiger partial charge on any atom is -0.270 e. The van der Waals surface area contributed by atoms with Gasteiger partial charge in [-0.2, -0.15) is 8.42 Å². The van der Waals surface area contributed by atoms with Gasteiger partial charge in [-0.1, -0.05) is 102 Å². The molecule has 0 aromatic rings. The van der Waals surface area contributed by atoms with Gasteiger partial charge in [0.1, 0.15) is 0 Å². The van der Waals surface area contributed by atoms with Gasteiger partial charge in [0.15, 0.2) is 0 Å². The molecule has 0 aliphatic carbocycles. The lowest BCUT2D eigenvalue weighted by atomic mass is 9.78. The van der Waals surface area contributed by atoms with Crippen LogP contribution in [0.3, 0.4) is 0 Å². The molecule has 228 valence electrons. The molecule has 3 nitrogen and oxygen atoms in total. The molecule has 0 radical (unpaired) electrons. The van der Waals surface area contributed by atoms with E-state index in [2.05, 4.69) is 114 Å². The zero-order valence-electron chi connectivity index (χ0n) is 28.3. The molecule has 0 saturated carbocycles. The van der Waals surface area contributed by atoms with Crippen LogP contribution in [-0.4, -0.2) is 21.3 Å². The van der Waals surface area contributed by atoms with Gasteiger partial charge in [0.2, 0.25) is 0 Å². The van der Waals surface area contributed by atoms with Crippen LogP contribution in [0.1, 0.15) is 141 Å². The van der Waals surface area contributed by atoms with Gasteiger partial charge in [-0.3, -0.25) is 4.18 Å². The Labute approximate surface area is 244 Å². The summed E-state index contributed by atoms with van der Waals surface area (Å²) < 4.78 is 27.4. The fourth-order valence-corrected chi connectivity index (χ4v) is 5.48. The highest BCUT2D eigenvalue weighted by atomic mass is 32.2. The van der Waals surface area contributed by atoms with E-state index in [0.717, 1.165) is 51.2 Å². The Morgan fingerprint density at radius 3 is 1.26 bits per heavy atom. The molecule has 0 amide bonds. The second-order valence-electron chi connectivity index (χ2n) is 15.7. The van der Waals surface area contributed by atoms with Gasteiger partial charge in [-0.25, -0.2) is 0 Å². The molecule has 0 aliphatic rings. The Morgan fingerprint density at radius 1 is 0.564 bits per heavy atom. The van der Waals surface area contributed by atoms with E-state index in [0.29, 0.717) is 11.8 Å². The van der Waals surface area contributed by atoms with Crippen molar-refractivity contribution in [3.05, 3.63) is 46.6 Å². The zero-order chi connectivity index (χ0) is 30.7. The molecule has 0 atom stereocenters. The predicted octanol–water partition coefficient (Wildman–Crippen LogP) is 11.0. The van der Waals surface area contributed by atoms with Crippen LogP contribution in [0.2, 0.25) is 0 Å². The summed E-state index contributed by atoms with van der Waals surface area (Å²) in [5.74, 6) is 0. The normalized spacial score (nSPS) is 15.1. The van der Waals surface area contributed by atoms with Crippen molar-refractivity contribution in [1.29, 1.82) is 0 Å². The summed E-state index contributed by atoms with van der Waals surface area (Å²) in [7, 11) is -3.37. The summed E-state index contributed by atoms with van der Waals surface area (Å²) in [6.07, 6.45) is 19.0. The molecule has 0 rings (SSSR count). The number of hydrogen-bond donors (Lipinski definition) is 0. The summed E-state index contributed by atoms with van der Waals surface area (Å²) in [5.41, 5.74) is 6.51. The Kier molecular flexibility index (Phi) is 15.3. The summed E-state index contributed by atoms with van der Waals surface area (Å²) >= 11 is 0. The number of rotatable bonds is 18. The van der Waals surface area contributed by atoms with E-state index < -0.39 is 10.1 Å². The molecular weight excluding hydrogens is 500 g/mol. The summed E-state index contributed by atoms with van der Waals surface area (Å²) in [6, 6.07) is 0. The van der Waals surface area contributed by atoms with Crippen molar-refractivity contribution in [2.75, 3.05) is 12.9 Å². The zero-order valence-corrected chi connectivity index (χ0v) is 29.1. The summed E-state index contributed by atoms with van der Waals surface area (Å²) in [5, 5.41) is 0. The van der Waals surface area contributed by atoms with E-state index in [1.165, 1.54) is 22.3 Å². The third-order valence-corrected chi connectivity index (χ3v) is 8.02. The third-order valence-electron chi connectivity index (χ3n) is 7.42. The third kappa shape index (κ3) is 21.3. The first kappa shape index (κ1) is 37.9. The largest absolute Gasteiger partial charge is 0.270 e. The van der Waals surface area contributed by atoms with Gasteiger partial charge in [0.05, 0.1) is 12.9 Å². The van der Waals surface area contributed by atoms with Crippen LogP contribution >= 0.6 is 0 Å². The van der Waals surface area contributed by atoms with E-state index in [-0.39, 0.29) is 22.9 Å². The highest BCUT2D eigenvalue weighted by molar-refractivity contribution is 7.85. The van der Waals surface area contributed by atoms with E-state index >= 15 is 0 Å². The monoisotopic (exact) mass is 564 g/mol. The molecule has 0 heterocycles. The van der Waals surface area contributed by atoms with Gasteiger partial charge in [-0.15, -0.1) is 0 Å². The van der Waals surface area contributed by atoms with E-state index in [4.69, 9.17) is 4.18 Å². The first-order valence-corrected chi connectivity index (χ1v) is 16.7. The van der Waals surface area contributed by atoms with Crippen molar-refractivity contribution in [3.8, 4) is 0 Å². The summed E-state index contributed by atoms with van der Waals surface area (Å²) in [6.45, 7) is 30.0. The van der Waals surface area contributed by atoms with Crippen LogP contribution in [0.5, 0.6) is 0 Å². The topological polar surface area (TPSA) is 43.4 Å². The molecule has 0 bridgehead atoms. The fourth-order valence-electron chi connectivity index (χ4n) is 5.10. The van der Waals surface area contributed by atoms with Gasteiger partial charge >= 0.3 is 0 Å². The fraction of sp³-hybridized carbons (Fsp3) is 0.771. The predicted molar refractivity (Wildman–Crippen MR) is 174 cm³/mol. The maximum Gasteiger partial charge on any atom is 0.264 e.